The van der Waals surface area contributed by atoms with Gasteiger partial charge in [-0.05, 0) is 20.5 Å². The van der Waals surface area contributed by atoms with Crippen LogP contribution in [0.4, 0.5) is 0 Å². The number of rotatable bonds is 3. The Kier molecular flexibility index (Phi) is 9.91. The lowest BCUT2D eigenvalue weighted by molar-refractivity contribution is 0.417. The van der Waals surface area contributed by atoms with Crippen LogP contribution in [0.5, 0.6) is 0 Å². The van der Waals surface area contributed by atoms with E-state index in [0.717, 1.165) is 13.0 Å². The highest BCUT2D eigenvalue weighted by Gasteiger charge is 1.81. The van der Waals surface area contributed by atoms with Gasteiger partial charge < -0.3 is 4.90 Å². The molecule has 0 bridgehead atoms. The van der Waals surface area contributed by atoms with Crippen molar-refractivity contribution < 1.29 is 0 Å². The Morgan fingerprint density at radius 3 is 2.12 bits per heavy atom. The van der Waals surface area contributed by atoms with E-state index in [2.05, 4.69) is 25.6 Å². The van der Waals surface area contributed by atoms with Gasteiger partial charge >= 0.3 is 0 Å². The van der Waals surface area contributed by atoms with Crippen molar-refractivity contribution in [1.82, 2.24) is 4.90 Å². The number of halogens is 1. The molecular formula is C6H14BrN. The molecule has 0 spiro atoms. The summed E-state index contributed by atoms with van der Waals surface area (Å²) in [4.78, 5) is 2.14. The lowest BCUT2D eigenvalue weighted by Gasteiger charge is -2.04. The number of hydrogen-bond donors (Lipinski definition) is 0. The van der Waals surface area contributed by atoms with Gasteiger partial charge in [-0.15, -0.1) is 23.6 Å². The molecule has 0 radical (unpaired) electrons. The summed E-state index contributed by atoms with van der Waals surface area (Å²) < 4.78 is 0. The average Bonchev–Trinajstić information content (AvgIpc) is 1.61. The first kappa shape index (κ1) is 11.0. The smallest absolute Gasteiger partial charge is 0.000970 e. The van der Waals surface area contributed by atoms with E-state index < -0.39 is 0 Å². The fourth-order valence-corrected chi connectivity index (χ4v) is 0.349. The summed E-state index contributed by atoms with van der Waals surface area (Å²) in [6, 6.07) is 0. The lowest BCUT2D eigenvalue weighted by atomic mass is 10.4. The van der Waals surface area contributed by atoms with Crippen LogP contribution in [0.3, 0.4) is 0 Å². The first-order valence-electron chi connectivity index (χ1n) is 2.53. The van der Waals surface area contributed by atoms with E-state index in [9.17, 15) is 0 Å². The van der Waals surface area contributed by atoms with Crippen molar-refractivity contribution in [3.05, 3.63) is 12.7 Å². The quantitative estimate of drug-likeness (QED) is 0.597. The maximum atomic E-state index is 3.61. The van der Waals surface area contributed by atoms with Crippen molar-refractivity contribution in [2.24, 2.45) is 0 Å². The highest BCUT2D eigenvalue weighted by molar-refractivity contribution is 8.93. The van der Waals surface area contributed by atoms with Gasteiger partial charge in [-0.3, -0.25) is 0 Å². The fraction of sp³-hybridized carbons (Fsp3) is 0.667. The Bertz CT molecular complexity index is 52.5. The summed E-state index contributed by atoms with van der Waals surface area (Å²) in [5, 5.41) is 0. The zero-order valence-corrected chi connectivity index (χ0v) is 7.27. The molecule has 0 aromatic rings. The molecule has 0 saturated heterocycles. The molecule has 50 valence electrons. The summed E-state index contributed by atoms with van der Waals surface area (Å²) in [6.45, 7) is 4.72. The van der Waals surface area contributed by atoms with E-state index in [4.69, 9.17) is 0 Å². The Morgan fingerprint density at radius 2 is 2.00 bits per heavy atom. The maximum absolute atomic E-state index is 3.61. The van der Waals surface area contributed by atoms with Crippen molar-refractivity contribution in [2.75, 3.05) is 20.6 Å². The van der Waals surface area contributed by atoms with E-state index in [1.54, 1.807) is 0 Å². The highest BCUT2D eigenvalue weighted by Crippen LogP contribution is 1.80. The summed E-state index contributed by atoms with van der Waals surface area (Å²) in [7, 11) is 4.12. The lowest BCUT2D eigenvalue weighted by Crippen LogP contribution is -2.11. The third-order valence-corrected chi connectivity index (χ3v) is 0.780. The molecule has 0 fully saturated rings. The molecule has 0 unspecified atom stereocenters. The van der Waals surface area contributed by atoms with E-state index in [-0.39, 0.29) is 17.0 Å². The summed E-state index contributed by atoms with van der Waals surface area (Å²) in [5.74, 6) is 0. The van der Waals surface area contributed by atoms with Crippen molar-refractivity contribution in [1.29, 1.82) is 0 Å². The minimum atomic E-state index is 0. The molecule has 0 rings (SSSR count). The van der Waals surface area contributed by atoms with Crippen LogP contribution in [0.2, 0.25) is 0 Å². The summed E-state index contributed by atoms with van der Waals surface area (Å²) in [5.41, 5.74) is 0. The third kappa shape index (κ3) is 9.49. The van der Waals surface area contributed by atoms with Gasteiger partial charge in [0.1, 0.15) is 0 Å². The first-order chi connectivity index (χ1) is 3.27. The molecule has 1 nitrogen and oxygen atoms in total. The van der Waals surface area contributed by atoms with Crippen LogP contribution >= 0.6 is 17.0 Å². The van der Waals surface area contributed by atoms with Crippen LogP contribution < -0.4 is 0 Å². The molecule has 0 amide bonds. The van der Waals surface area contributed by atoms with Crippen molar-refractivity contribution in [3.63, 3.8) is 0 Å². The van der Waals surface area contributed by atoms with Gasteiger partial charge in [0.2, 0.25) is 0 Å². The molecule has 0 N–H and O–H groups in total. The molecule has 8 heavy (non-hydrogen) atoms. The summed E-state index contributed by atoms with van der Waals surface area (Å²) in [6.07, 6.45) is 3.02. The maximum Gasteiger partial charge on any atom is 0.000970 e. The van der Waals surface area contributed by atoms with E-state index >= 15 is 0 Å². The Hall–Kier alpha value is 0.180. The standard InChI is InChI=1S/C6H13N.BrH/c1-4-5-6-7(2)3;/h4H,1,5-6H2,2-3H3;1H. The minimum absolute atomic E-state index is 0. The Labute approximate surface area is 62.1 Å². The van der Waals surface area contributed by atoms with Gasteiger partial charge in [0, 0.05) is 6.54 Å². The minimum Gasteiger partial charge on any atom is -0.309 e. The zero-order chi connectivity index (χ0) is 5.70. The van der Waals surface area contributed by atoms with Crippen molar-refractivity contribution in [3.8, 4) is 0 Å². The number of hydrogen-bond acceptors (Lipinski definition) is 1. The van der Waals surface area contributed by atoms with Gasteiger partial charge in [0.15, 0.2) is 0 Å². The summed E-state index contributed by atoms with van der Waals surface area (Å²) >= 11 is 0. The van der Waals surface area contributed by atoms with Crippen LogP contribution in [0.15, 0.2) is 12.7 Å². The molecule has 2 heteroatoms. The SMILES string of the molecule is Br.C=CCCN(C)C. The van der Waals surface area contributed by atoms with E-state index in [1.807, 2.05) is 6.08 Å². The normalized spacial score (nSPS) is 8.38. The molecule has 0 atom stereocenters. The fourth-order valence-electron chi connectivity index (χ4n) is 0.349. The van der Waals surface area contributed by atoms with Gasteiger partial charge in [0.05, 0.1) is 0 Å². The number of nitrogens with zero attached hydrogens (tertiary/aromatic N) is 1. The predicted octanol–water partition coefficient (Wildman–Crippen LogP) is 1.70. The third-order valence-electron chi connectivity index (χ3n) is 0.780. The zero-order valence-electron chi connectivity index (χ0n) is 5.55. The second-order valence-electron chi connectivity index (χ2n) is 1.88. The second-order valence-corrected chi connectivity index (χ2v) is 1.88. The monoisotopic (exact) mass is 179 g/mol. The topological polar surface area (TPSA) is 3.24 Å². The largest absolute Gasteiger partial charge is 0.309 e. The van der Waals surface area contributed by atoms with Gasteiger partial charge in [-0.1, -0.05) is 6.08 Å². The van der Waals surface area contributed by atoms with Crippen molar-refractivity contribution in [2.45, 2.75) is 6.42 Å². The van der Waals surface area contributed by atoms with Gasteiger partial charge in [0.25, 0.3) is 0 Å². The molecular weight excluding hydrogens is 166 g/mol. The average molecular weight is 180 g/mol. The molecule has 0 aromatic carbocycles. The first-order valence-corrected chi connectivity index (χ1v) is 2.53. The molecule has 0 heterocycles. The predicted molar refractivity (Wildman–Crippen MR) is 43.7 cm³/mol. The van der Waals surface area contributed by atoms with E-state index in [0.29, 0.717) is 0 Å². The van der Waals surface area contributed by atoms with E-state index in [1.165, 1.54) is 0 Å². The van der Waals surface area contributed by atoms with Crippen LogP contribution in [-0.2, 0) is 0 Å². The Morgan fingerprint density at radius 1 is 1.50 bits per heavy atom. The molecule has 0 aliphatic rings. The molecule has 0 aliphatic heterocycles. The second kappa shape index (κ2) is 7.18. The molecule has 0 saturated carbocycles. The van der Waals surface area contributed by atoms with Crippen LogP contribution in [0, 0.1) is 0 Å². The highest BCUT2D eigenvalue weighted by atomic mass is 79.9. The Balaban J connectivity index is 0. The molecule has 0 aromatic heterocycles. The van der Waals surface area contributed by atoms with Crippen LogP contribution in [0.25, 0.3) is 0 Å². The van der Waals surface area contributed by atoms with Gasteiger partial charge in [-0.2, -0.15) is 0 Å². The van der Waals surface area contributed by atoms with Crippen LogP contribution in [-0.4, -0.2) is 25.5 Å². The molecule has 0 aliphatic carbocycles. The van der Waals surface area contributed by atoms with Gasteiger partial charge in [-0.25, -0.2) is 0 Å². The van der Waals surface area contributed by atoms with Crippen LogP contribution in [0.1, 0.15) is 6.42 Å². The van der Waals surface area contributed by atoms with Crippen molar-refractivity contribution >= 4 is 17.0 Å².